The number of para-hydroxylation sites is 1. The number of aryl methyl sites for hydroxylation is 1. The lowest BCUT2D eigenvalue weighted by Crippen LogP contribution is -2.26. The van der Waals surface area contributed by atoms with Gasteiger partial charge in [0.2, 0.25) is 17.6 Å². The van der Waals surface area contributed by atoms with Crippen LogP contribution >= 0.6 is 11.6 Å². The molecule has 0 saturated carbocycles. The molecule has 2 aromatic carbocycles. The van der Waals surface area contributed by atoms with Gasteiger partial charge in [-0.3, -0.25) is 4.79 Å². The van der Waals surface area contributed by atoms with Gasteiger partial charge in [0.1, 0.15) is 5.76 Å². The zero-order chi connectivity index (χ0) is 21.8. The van der Waals surface area contributed by atoms with E-state index in [1.807, 2.05) is 50.2 Å². The van der Waals surface area contributed by atoms with Crippen LogP contribution in [-0.4, -0.2) is 22.7 Å². The van der Waals surface area contributed by atoms with E-state index in [2.05, 4.69) is 15.5 Å². The smallest absolute Gasteiger partial charge is 0.227 e. The van der Waals surface area contributed by atoms with Crippen LogP contribution in [0, 0.1) is 0 Å². The van der Waals surface area contributed by atoms with Gasteiger partial charge in [0.05, 0.1) is 12.6 Å². The van der Waals surface area contributed by atoms with E-state index in [0.717, 1.165) is 10.9 Å². The van der Waals surface area contributed by atoms with Crippen molar-refractivity contribution in [1.82, 2.24) is 15.5 Å². The molecular weight excluding hydrogens is 418 g/mol. The lowest BCUT2D eigenvalue weighted by Gasteiger charge is -2.10. The molecule has 0 radical (unpaired) electrons. The standard InChI is InChI=1S/C23H22ClN3O4/c1-3-29-18-6-4-5-16-13-19(30-22(16)18)14(2)25-20(28)11-12-21-26-23(27-31-21)15-7-9-17(24)10-8-15/h4-10,13-14H,3,11-12H2,1-2H3,(H,25,28). The largest absolute Gasteiger partial charge is 0.490 e. The molecule has 7 nitrogen and oxygen atoms in total. The summed E-state index contributed by atoms with van der Waals surface area (Å²) in [5, 5.41) is 8.48. The van der Waals surface area contributed by atoms with E-state index in [1.165, 1.54) is 0 Å². The van der Waals surface area contributed by atoms with Crippen LogP contribution in [0.5, 0.6) is 5.75 Å². The number of carbonyl (C=O) groups excluding carboxylic acids is 1. The number of halogens is 1. The summed E-state index contributed by atoms with van der Waals surface area (Å²) in [6.07, 6.45) is 0.560. The summed E-state index contributed by atoms with van der Waals surface area (Å²) in [6.45, 7) is 4.35. The number of benzene rings is 2. The normalized spacial score (nSPS) is 12.1. The average Bonchev–Trinajstić information content (AvgIpc) is 3.41. The molecule has 4 aromatic rings. The highest BCUT2D eigenvalue weighted by Crippen LogP contribution is 2.31. The number of fused-ring (bicyclic) bond motifs is 1. The first-order chi connectivity index (χ1) is 15.0. The summed E-state index contributed by atoms with van der Waals surface area (Å²) in [5.74, 6) is 2.09. The van der Waals surface area contributed by atoms with Crippen molar-refractivity contribution in [2.45, 2.75) is 32.7 Å². The summed E-state index contributed by atoms with van der Waals surface area (Å²) in [7, 11) is 0. The second kappa shape index (κ2) is 9.22. The molecule has 0 aliphatic rings. The Hall–Kier alpha value is -3.32. The van der Waals surface area contributed by atoms with Crippen molar-refractivity contribution in [2.24, 2.45) is 0 Å². The molecule has 0 spiro atoms. The number of aromatic nitrogens is 2. The van der Waals surface area contributed by atoms with E-state index in [-0.39, 0.29) is 18.4 Å². The van der Waals surface area contributed by atoms with Gasteiger partial charge in [0, 0.05) is 28.8 Å². The molecule has 0 fully saturated rings. The number of hydrogen-bond acceptors (Lipinski definition) is 6. The fourth-order valence-corrected chi connectivity index (χ4v) is 3.34. The highest BCUT2D eigenvalue weighted by atomic mass is 35.5. The number of nitrogens with zero attached hydrogens (tertiary/aromatic N) is 2. The summed E-state index contributed by atoms with van der Waals surface area (Å²) in [5.41, 5.74) is 1.48. The lowest BCUT2D eigenvalue weighted by atomic mass is 10.2. The quantitative estimate of drug-likeness (QED) is 0.398. The van der Waals surface area contributed by atoms with Crippen LogP contribution in [0.1, 0.15) is 38.0 Å². The molecule has 31 heavy (non-hydrogen) atoms. The number of rotatable bonds is 8. The highest BCUT2D eigenvalue weighted by Gasteiger charge is 2.17. The first-order valence-electron chi connectivity index (χ1n) is 10.1. The second-order valence-corrected chi connectivity index (χ2v) is 7.50. The molecule has 0 aliphatic carbocycles. The maximum atomic E-state index is 12.4. The molecular formula is C23H22ClN3O4. The average molecular weight is 440 g/mol. The van der Waals surface area contributed by atoms with Crippen molar-refractivity contribution in [3.8, 4) is 17.1 Å². The van der Waals surface area contributed by atoms with Crippen molar-refractivity contribution in [1.29, 1.82) is 0 Å². The van der Waals surface area contributed by atoms with Gasteiger partial charge < -0.3 is 19.0 Å². The van der Waals surface area contributed by atoms with E-state index in [9.17, 15) is 4.79 Å². The van der Waals surface area contributed by atoms with Crippen LogP contribution in [0.4, 0.5) is 0 Å². The fraction of sp³-hybridized carbons (Fsp3) is 0.261. The highest BCUT2D eigenvalue weighted by molar-refractivity contribution is 6.30. The number of ether oxygens (including phenoxy) is 1. The molecule has 0 bridgehead atoms. The second-order valence-electron chi connectivity index (χ2n) is 7.06. The van der Waals surface area contributed by atoms with Gasteiger partial charge >= 0.3 is 0 Å². The Labute approximate surface area is 184 Å². The molecule has 1 N–H and O–H groups in total. The molecule has 1 amide bonds. The predicted molar refractivity (Wildman–Crippen MR) is 117 cm³/mol. The third-order valence-corrected chi connectivity index (χ3v) is 5.02. The number of nitrogens with one attached hydrogen (secondary N) is 1. The summed E-state index contributed by atoms with van der Waals surface area (Å²) >= 11 is 5.90. The zero-order valence-corrected chi connectivity index (χ0v) is 18.0. The van der Waals surface area contributed by atoms with Crippen molar-refractivity contribution < 1.29 is 18.5 Å². The Morgan fingerprint density at radius 1 is 1.23 bits per heavy atom. The number of amides is 1. The molecule has 2 heterocycles. The Kier molecular flexibility index (Phi) is 6.23. The van der Waals surface area contributed by atoms with Crippen LogP contribution in [-0.2, 0) is 11.2 Å². The molecule has 1 atom stereocenters. The molecule has 8 heteroatoms. The van der Waals surface area contributed by atoms with Crippen LogP contribution in [0.2, 0.25) is 5.02 Å². The fourth-order valence-electron chi connectivity index (χ4n) is 3.22. The SMILES string of the molecule is CCOc1cccc2cc(C(C)NC(=O)CCc3nc(-c4ccc(Cl)cc4)no3)oc12. The van der Waals surface area contributed by atoms with Gasteiger partial charge in [-0.25, -0.2) is 0 Å². The Balaban J connectivity index is 1.35. The Morgan fingerprint density at radius 3 is 2.81 bits per heavy atom. The molecule has 2 aromatic heterocycles. The zero-order valence-electron chi connectivity index (χ0n) is 17.2. The van der Waals surface area contributed by atoms with Crippen molar-refractivity contribution >= 4 is 28.5 Å². The van der Waals surface area contributed by atoms with E-state index in [4.69, 9.17) is 25.3 Å². The molecule has 160 valence electrons. The molecule has 1 unspecified atom stereocenters. The number of hydrogen-bond donors (Lipinski definition) is 1. The summed E-state index contributed by atoms with van der Waals surface area (Å²) < 4.78 is 16.8. The monoisotopic (exact) mass is 439 g/mol. The first-order valence-corrected chi connectivity index (χ1v) is 10.4. The minimum absolute atomic E-state index is 0.135. The lowest BCUT2D eigenvalue weighted by molar-refractivity contribution is -0.121. The Bertz CT molecular complexity index is 1180. The Morgan fingerprint density at radius 2 is 2.03 bits per heavy atom. The predicted octanol–water partition coefficient (Wildman–Crippen LogP) is 5.34. The van der Waals surface area contributed by atoms with Gasteiger partial charge in [-0.15, -0.1) is 0 Å². The van der Waals surface area contributed by atoms with E-state index in [1.54, 1.807) is 12.1 Å². The third-order valence-electron chi connectivity index (χ3n) is 4.77. The first kappa shape index (κ1) is 20.9. The van der Waals surface area contributed by atoms with Crippen LogP contribution in [0.25, 0.3) is 22.4 Å². The topological polar surface area (TPSA) is 90.4 Å². The van der Waals surface area contributed by atoms with Gasteiger partial charge in [-0.1, -0.05) is 28.9 Å². The molecule has 0 aliphatic heterocycles. The third kappa shape index (κ3) is 4.88. The maximum Gasteiger partial charge on any atom is 0.227 e. The van der Waals surface area contributed by atoms with Crippen molar-refractivity contribution in [3.05, 3.63) is 65.2 Å². The van der Waals surface area contributed by atoms with Crippen LogP contribution in [0.3, 0.4) is 0 Å². The van der Waals surface area contributed by atoms with Gasteiger partial charge in [0.25, 0.3) is 0 Å². The summed E-state index contributed by atoms with van der Waals surface area (Å²) in [6, 6.07) is 14.5. The van der Waals surface area contributed by atoms with Crippen molar-refractivity contribution in [3.63, 3.8) is 0 Å². The van der Waals surface area contributed by atoms with Gasteiger partial charge in [-0.2, -0.15) is 4.98 Å². The minimum Gasteiger partial charge on any atom is -0.490 e. The van der Waals surface area contributed by atoms with E-state index in [0.29, 0.717) is 46.9 Å². The molecule has 4 rings (SSSR count). The van der Waals surface area contributed by atoms with E-state index >= 15 is 0 Å². The molecule has 0 saturated heterocycles. The maximum absolute atomic E-state index is 12.4. The van der Waals surface area contributed by atoms with Crippen LogP contribution in [0.15, 0.2) is 57.5 Å². The van der Waals surface area contributed by atoms with Gasteiger partial charge in [0.15, 0.2) is 11.3 Å². The summed E-state index contributed by atoms with van der Waals surface area (Å²) in [4.78, 5) is 16.8. The minimum atomic E-state index is -0.290. The van der Waals surface area contributed by atoms with Gasteiger partial charge in [-0.05, 0) is 50.2 Å². The van der Waals surface area contributed by atoms with E-state index < -0.39 is 0 Å². The number of carbonyl (C=O) groups is 1. The number of furan rings is 1. The van der Waals surface area contributed by atoms with Crippen molar-refractivity contribution in [2.75, 3.05) is 6.61 Å². The van der Waals surface area contributed by atoms with Crippen LogP contribution < -0.4 is 10.1 Å².